The zero-order chi connectivity index (χ0) is 15.8. The Labute approximate surface area is 135 Å². The highest BCUT2D eigenvalue weighted by Crippen LogP contribution is 2.32. The number of halogens is 2. The number of benzene rings is 1. The summed E-state index contributed by atoms with van der Waals surface area (Å²) in [6.45, 7) is 4.37. The molecule has 5 nitrogen and oxygen atoms in total. The lowest BCUT2D eigenvalue weighted by Gasteiger charge is -2.34. The van der Waals surface area contributed by atoms with Crippen molar-refractivity contribution in [3.63, 3.8) is 0 Å². The Bertz CT molecular complexity index is 627. The van der Waals surface area contributed by atoms with E-state index < -0.39 is 10.0 Å². The van der Waals surface area contributed by atoms with Gasteiger partial charge in [0.1, 0.15) is 4.90 Å². The van der Waals surface area contributed by atoms with Gasteiger partial charge in [0.15, 0.2) is 0 Å². The first-order valence-electron chi connectivity index (χ1n) is 6.59. The van der Waals surface area contributed by atoms with Crippen LogP contribution in [0.15, 0.2) is 17.0 Å². The van der Waals surface area contributed by atoms with Crippen LogP contribution in [0.2, 0.25) is 10.0 Å². The standard InChI is InChI=1S/C13H18Cl2N2O3S/c1-8-6-17(7-9(2)20-8)21(18,19)12-4-11(14)3-10(5-16)13(12)15/h3-4,8-9H,5-7,16H2,1-2H3/t8-,9+. The second-order valence-corrected chi connectivity index (χ2v) is 7.88. The van der Waals surface area contributed by atoms with E-state index in [4.69, 9.17) is 33.7 Å². The summed E-state index contributed by atoms with van der Waals surface area (Å²) < 4.78 is 32.6. The van der Waals surface area contributed by atoms with E-state index in [1.165, 1.54) is 10.4 Å². The number of rotatable bonds is 3. The molecule has 1 aliphatic rings. The van der Waals surface area contributed by atoms with Gasteiger partial charge in [0.2, 0.25) is 10.0 Å². The fraction of sp³-hybridized carbons (Fsp3) is 0.538. The first kappa shape index (κ1) is 17.0. The first-order chi connectivity index (χ1) is 9.75. The molecule has 1 saturated heterocycles. The van der Waals surface area contributed by atoms with Gasteiger partial charge in [-0.2, -0.15) is 4.31 Å². The van der Waals surface area contributed by atoms with Gasteiger partial charge in [0.05, 0.1) is 17.2 Å². The van der Waals surface area contributed by atoms with E-state index >= 15 is 0 Å². The van der Waals surface area contributed by atoms with Gasteiger partial charge in [-0.1, -0.05) is 23.2 Å². The minimum atomic E-state index is -3.73. The van der Waals surface area contributed by atoms with Crippen molar-refractivity contribution in [2.24, 2.45) is 5.73 Å². The number of ether oxygens (including phenoxy) is 1. The molecule has 8 heteroatoms. The van der Waals surface area contributed by atoms with Gasteiger partial charge in [0.25, 0.3) is 0 Å². The number of morpholine rings is 1. The molecule has 1 aliphatic heterocycles. The van der Waals surface area contributed by atoms with Crippen molar-refractivity contribution < 1.29 is 13.2 Å². The van der Waals surface area contributed by atoms with Crippen molar-refractivity contribution in [3.05, 3.63) is 27.7 Å². The highest BCUT2D eigenvalue weighted by molar-refractivity contribution is 7.89. The second-order valence-electron chi connectivity index (χ2n) is 5.16. The summed E-state index contributed by atoms with van der Waals surface area (Å²) in [6.07, 6.45) is -0.342. The zero-order valence-corrected chi connectivity index (χ0v) is 14.2. The maximum Gasteiger partial charge on any atom is 0.244 e. The average Bonchev–Trinajstić information content (AvgIpc) is 2.39. The molecule has 0 radical (unpaired) electrons. The van der Waals surface area contributed by atoms with Crippen LogP contribution in [-0.4, -0.2) is 38.0 Å². The predicted molar refractivity (Wildman–Crippen MR) is 83.1 cm³/mol. The summed E-state index contributed by atoms with van der Waals surface area (Å²) >= 11 is 12.2. The lowest BCUT2D eigenvalue weighted by Crippen LogP contribution is -2.48. The third-order valence-corrected chi connectivity index (χ3v) is 5.94. The Morgan fingerprint density at radius 1 is 1.29 bits per heavy atom. The van der Waals surface area contributed by atoms with Crippen molar-refractivity contribution in [3.8, 4) is 0 Å². The van der Waals surface area contributed by atoms with Gasteiger partial charge < -0.3 is 10.5 Å². The molecule has 0 aromatic heterocycles. The summed E-state index contributed by atoms with van der Waals surface area (Å²) in [7, 11) is -3.73. The molecule has 1 fully saturated rings. The Morgan fingerprint density at radius 3 is 2.38 bits per heavy atom. The predicted octanol–water partition coefficient (Wildman–Crippen LogP) is 2.25. The first-order valence-corrected chi connectivity index (χ1v) is 8.79. The highest BCUT2D eigenvalue weighted by atomic mass is 35.5. The van der Waals surface area contributed by atoms with Crippen molar-refractivity contribution in [1.29, 1.82) is 0 Å². The van der Waals surface area contributed by atoms with E-state index in [0.29, 0.717) is 10.6 Å². The molecule has 0 unspecified atom stereocenters. The molecule has 2 atom stereocenters. The summed E-state index contributed by atoms with van der Waals surface area (Å²) in [5, 5.41) is 0.432. The maximum absolute atomic E-state index is 12.8. The molecule has 1 heterocycles. The normalized spacial score (nSPS) is 24.2. The molecule has 2 N–H and O–H groups in total. The van der Waals surface area contributed by atoms with E-state index in [9.17, 15) is 8.42 Å². The zero-order valence-electron chi connectivity index (χ0n) is 11.8. The summed E-state index contributed by atoms with van der Waals surface area (Å²) in [5.41, 5.74) is 6.09. The molecule has 1 aromatic carbocycles. The van der Waals surface area contributed by atoms with Crippen LogP contribution in [0.4, 0.5) is 0 Å². The van der Waals surface area contributed by atoms with Gasteiger partial charge in [-0.05, 0) is 31.5 Å². The Balaban J connectivity index is 2.47. The molecule has 118 valence electrons. The fourth-order valence-corrected chi connectivity index (χ4v) is 4.93. The van der Waals surface area contributed by atoms with E-state index in [0.717, 1.165) is 0 Å². The van der Waals surface area contributed by atoms with Gasteiger partial charge >= 0.3 is 0 Å². The van der Waals surface area contributed by atoms with E-state index in [1.807, 2.05) is 13.8 Å². The fourth-order valence-electron chi connectivity index (χ4n) is 2.42. The smallest absolute Gasteiger partial charge is 0.244 e. The summed E-state index contributed by atoms with van der Waals surface area (Å²) in [4.78, 5) is -0.00147. The Hall–Kier alpha value is -0.370. The third kappa shape index (κ3) is 3.52. The average molecular weight is 353 g/mol. The molecule has 21 heavy (non-hydrogen) atoms. The molecule has 0 aliphatic carbocycles. The second kappa shape index (κ2) is 6.40. The van der Waals surface area contributed by atoms with Gasteiger partial charge in [-0.15, -0.1) is 0 Å². The topological polar surface area (TPSA) is 72.6 Å². The van der Waals surface area contributed by atoms with Crippen LogP contribution in [0.25, 0.3) is 0 Å². The third-order valence-electron chi connectivity index (χ3n) is 3.30. The minimum Gasteiger partial charge on any atom is -0.373 e. The van der Waals surface area contributed by atoms with Crippen LogP contribution >= 0.6 is 23.2 Å². The SMILES string of the molecule is C[C@@H]1CN(S(=O)(=O)c2cc(Cl)cc(CN)c2Cl)C[C@H](C)O1. The molecule has 0 spiro atoms. The number of nitrogens with two attached hydrogens (primary N) is 1. The van der Waals surface area contributed by atoms with Crippen molar-refractivity contribution in [2.75, 3.05) is 13.1 Å². The van der Waals surface area contributed by atoms with Crippen molar-refractivity contribution >= 4 is 33.2 Å². The number of hydrogen-bond acceptors (Lipinski definition) is 4. The molecule has 0 bridgehead atoms. The van der Waals surface area contributed by atoms with E-state index in [1.54, 1.807) is 6.07 Å². The summed E-state index contributed by atoms with van der Waals surface area (Å²) in [6, 6.07) is 2.94. The number of hydrogen-bond donors (Lipinski definition) is 1. The number of sulfonamides is 1. The van der Waals surface area contributed by atoms with Gasteiger partial charge in [0, 0.05) is 24.7 Å². The lowest BCUT2D eigenvalue weighted by atomic mass is 10.2. The van der Waals surface area contributed by atoms with Crippen LogP contribution < -0.4 is 5.73 Å². The lowest BCUT2D eigenvalue weighted by molar-refractivity contribution is -0.0440. The van der Waals surface area contributed by atoms with Gasteiger partial charge in [-0.25, -0.2) is 8.42 Å². The van der Waals surface area contributed by atoms with Crippen molar-refractivity contribution in [1.82, 2.24) is 4.31 Å². The largest absolute Gasteiger partial charge is 0.373 e. The minimum absolute atomic E-state index is 0.00147. The molecule has 2 rings (SSSR count). The van der Waals surface area contributed by atoms with Crippen LogP contribution in [0, 0.1) is 0 Å². The molecule has 0 amide bonds. The molecular formula is C13H18Cl2N2O3S. The monoisotopic (exact) mass is 352 g/mol. The molecule has 0 saturated carbocycles. The van der Waals surface area contributed by atoms with Crippen LogP contribution in [-0.2, 0) is 21.3 Å². The van der Waals surface area contributed by atoms with E-state index in [-0.39, 0.29) is 41.8 Å². The Morgan fingerprint density at radius 2 is 1.86 bits per heavy atom. The Kier molecular flexibility index (Phi) is 5.18. The van der Waals surface area contributed by atoms with Crippen LogP contribution in [0.3, 0.4) is 0 Å². The van der Waals surface area contributed by atoms with Crippen LogP contribution in [0.1, 0.15) is 19.4 Å². The quantitative estimate of drug-likeness (QED) is 0.905. The molecule has 1 aromatic rings. The highest BCUT2D eigenvalue weighted by Gasteiger charge is 2.34. The van der Waals surface area contributed by atoms with Gasteiger partial charge in [-0.3, -0.25) is 0 Å². The molecular weight excluding hydrogens is 335 g/mol. The van der Waals surface area contributed by atoms with Crippen molar-refractivity contribution in [2.45, 2.75) is 37.5 Å². The summed E-state index contributed by atoms with van der Waals surface area (Å²) in [5.74, 6) is 0. The maximum atomic E-state index is 12.8. The van der Waals surface area contributed by atoms with E-state index in [2.05, 4.69) is 0 Å². The number of nitrogens with zero attached hydrogens (tertiary/aromatic N) is 1. The van der Waals surface area contributed by atoms with Crippen LogP contribution in [0.5, 0.6) is 0 Å².